The van der Waals surface area contributed by atoms with Crippen LogP contribution in [0.1, 0.15) is 17.5 Å². The molecule has 2 aromatic heterocycles. The molecule has 8 heteroatoms. The van der Waals surface area contributed by atoms with Gasteiger partial charge in [-0.05, 0) is 36.6 Å². The molecule has 0 amide bonds. The molecule has 0 aliphatic carbocycles. The zero-order chi connectivity index (χ0) is 18.6. The Morgan fingerprint density at radius 2 is 2.19 bits per heavy atom. The van der Waals surface area contributed by atoms with Crippen LogP contribution < -0.4 is 16.3 Å². The molecule has 4 rings (SSSR count). The molecule has 1 fully saturated rings. The molecule has 3 heterocycles. The second kappa shape index (κ2) is 7.89. The lowest BCUT2D eigenvalue weighted by Crippen LogP contribution is -2.20. The number of benzene rings is 1. The number of aromatic nitrogens is 4. The molecular formula is C19H24N6O2. The summed E-state index contributed by atoms with van der Waals surface area (Å²) in [5, 5.41) is 6.65. The lowest BCUT2D eigenvalue weighted by atomic mass is 10.1. The zero-order valence-electron chi connectivity index (χ0n) is 15.4. The van der Waals surface area contributed by atoms with Gasteiger partial charge in [-0.1, -0.05) is 24.3 Å². The molecule has 3 aromatic rings. The van der Waals surface area contributed by atoms with Crippen molar-refractivity contribution in [1.82, 2.24) is 24.8 Å². The van der Waals surface area contributed by atoms with Crippen molar-refractivity contribution in [3.05, 3.63) is 52.1 Å². The van der Waals surface area contributed by atoms with Gasteiger partial charge in [0.1, 0.15) is 5.52 Å². The minimum absolute atomic E-state index is 0.191. The lowest BCUT2D eigenvalue weighted by molar-refractivity contribution is 0.184. The van der Waals surface area contributed by atoms with Gasteiger partial charge in [-0.15, -0.1) is 0 Å². The minimum atomic E-state index is -0.191. The van der Waals surface area contributed by atoms with Crippen LogP contribution in [0, 0.1) is 5.92 Å². The number of rotatable bonds is 7. The average molecular weight is 368 g/mol. The monoisotopic (exact) mass is 368 g/mol. The highest BCUT2D eigenvalue weighted by molar-refractivity contribution is 5.71. The van der Waals surface area contributed by atoms with E-state index >= 15 is 0 Å². The molecular weight excluding hydrogens is 344 g/mol. The van der Waals surface area contributed by atoms with Gasteiger partial charge in [0, 0.05) is 13.7 Å². The highest BCUT2D eigenvalue weighted by Gasteiger charge is 2.16. The fraction of sp³-hybridized carbons (Fsp3) is 0.421. The maximum absolute atomic E-state index is 12.5. The van der Waals surface area contributed by atoms with E-state index in [0.717, 1.165) is 37.2 Å². The number of aromatic amines is 1. The molecule has 1 aliphatic rings. The summed E-state index contributed by atoms with van der Waals surface area (Å²) in [4.78, 5) is 24.2. The number of anilines is 1. The van der Waals surface area contributed by atoms with Gasteiger partial charge in [-0.3, -0.25) is 4.57 Å². The van der Waals surface area contributed by atoms with Gasteiger partial charge in [-0.2, -0.15) is 4.98 Å². The van der Waals surface area contributed by atoms with Crippen LogP contribution in [0.2, 0.25) is 0 Å². The summed E-state index contributed by atoms with van der Waals surface area (Å²) in [5.41, 5.74) is 3.14. The van der Waals surface area contributed by atoms with Gasteiger partial charge in [0.2, 0.25) is 5.95 Å². The molecule has 1 aromatic carbocycles. The van der Waals surface area contributed by atoms with E-state index in [1.807, 2.05) is 24.3 Å². The van der Waals surface area contributed by atoms with Gasteiger partial charge in [-0.25, -0.2) is 9.78 Å². The fourth-order valence-electron chi connectivity index (χ4n) is 3.48. The Morgan fingerprint density at radius 1 is 1.33 bits per heavy atom. The van der Waals surface area contributed by atoms with E-state index in [2.05, 4.69) is 25.6 Å². The van der Waals surface area contributed by atoms with Crippen LogP contribution in [0.3, 0.4) is 0 Å². The van der Waals surface area contributed by atoms with Crippen molar-refractivity contribution in [3.63, 3.8) is 0 Å². The van der Waals surface area contributed by atoms with Gasteiger partial charge < -0.3 is 20.4 Å². The predicted octanol–water partition coefficient (Wildman–Crippen LogP) is 1.34. The topological polar surface area (TPSA) is 96.9 Å². The molecule has 0 radical (unpaired) electrons. The summed E-state index contributed by atoms with van der Waals surface area (Å²) >= 11 is 0. The summed E-state index contributed by atoms with van der Waals surface area (Å²) < 4.78 is 6.92. The largest absolute Gasteiger partial charge is 0.380 e. The number of hydrogen-bond acceptors (Lipinski definition) is 6. The summed E-state index contributed by atoms with van der Waals surface area (Å²) in [6.45, 7) is 3.83. The average Bonchev–Trinajstić information content (AvgIpc) is 3.30. The molecule has 27 heavy (non-hydrogen) atoms. The van der Waals surface area contributed by atoms with Crippen molar-refractivity contribution < 1.29 is 4.74 Å². The summed E-state index contributed by atoms with van der Waals surface area (Å²) in [7, 11) is 1.67. The van der Waals surface area contributed by atoms with E-state index in [1.54, 1.807) is 17.9 Å². The van der Waals surface area contributed by atoms with Crippen molar-refractivity contribution in [2.45, 2.75) is 19.6 Å². The van der Waals surface area contributed by atoms with E-state index < -0.39 is 0 Å². The van der Waals surface area contributed by atoms with Crippen molar-refractivity contribution in [1.29, 1.82) is 0 Å². The molecule has 1 saturated heterocycles. The molecule has 0 saturated carbocycles. The highest BCUT2D eigenvalue weighted by Crippen LogP contribution is 2.15. The van der Waals surface area contributed by atoms with Crippen molar-refractivity contribution >= 4 is 17.1 Å². The van der Waals surface area contributed by atoms with Crippen molar-refractivity contribution in [2.75, 3.05) is 32.1 Å². The predicted molar refractivity (Wildman–Crippen MR) is 104 cm³/mol. The summed E-state index contributed by atoms with van der Waals surface area (Å²) in [5.74, 6) is 1.13. The van der Waals surface area contributed by atoms with Crippen LogP contribution in [-0.2, 0) is 17.9 Å². The zero-order valence-corrected chi connectivity index (χ0v) is 15.4. The minimum Gasteiger partial charge on any atom is -0.380 e. The standard InChI is InChI=1S/C19H24N6O2/c1-27-12-15-5-3-2-4-14(15)11-25-17-16(23-19(25)26)10-22-18(24-17)21-9-13-6-7-20-8-13/h2-5,10,13,20H,6-9,11-12H2,1H3,(H,23,26)(H,21,22,24)/t13-/m1/s1. The Bertz CT molecular complexity index is 974. The third kappa shape index (κ3) is 3.86. The first-order valence-electron chi connectivity index (χ1n) is 9.20. The maximum Gasteiger partial charge on any atom is 0.328 e. The highest BCUT2D eigenvalue weighted by atomic mass is 16.5. The molecule has 142 valence electrons. The Balaban J connectivity index is 1.61. The Morgan fingerprint density at radius 3 is 2.96 bits per heavy atom. The summed E-state index contributed by atoms with van der Waals surface area (Å²) in [6, 6.07) is 7.95. The quantitative estimate of drug-likeness (QED) is 0.582. The first-order valence-corrected chi connectivity index (χ1v) is 9.20. The van der Waals surface area contributed by atoms with E-state index in [0.29, 0.717) is 36.2 Å². The second-order valence-electron chi connectivity index (χ2n) is 6.89. The number of hydrogen-bond donors (Lipinski definition) is 3. The Kier molecular flexibility index (Phi) is 5.17. The van der Waals surface area contributed by atoms with Gasteiger partial charge in [0.05, 0.1) is 19.3 Å². The number of methoxy groups -OCH3 is 1. The molecule has 1 atom stereocenters. The third-order valence-electron chi connectivity index (χ3n) is 4.97. The van der Waals surface area contributed by atoms with Crippen LogP contribution >= 0.6 is 0 Å². The summed E-state index contributed by atoms with van der Waals surface area (Å²) in [6.07, 6.45) is 2.82. The van der Waals surface area contributed by atoms with Gasteiger partial charge >= 0.3 is 5.69 Å². The molecule has 0 unspecified atom stereocenters. The van der Waals surface area contributed by atoms with Crippen LogP contribution in [0.25, 0.3) is 11.2 Å². The number of fused-ring (bicyclic) bond motifs is 1. The van der Waals surface area contributed by atoms with Crippen molar-refractivity contribution in [3.8, 4) is 0 Å². The van der Waals surface area contributed by atoms with Crippen LogP contribution in [0.5, 0.6) is 0 Å². The molecule has 8 nitrogen and oxygen atoms in total. The Labute approximate surface area is 157 Å². The van der Waals surface area contributed by atoms with E-state index in [9.17, 15) is 4.79 Å². The van der Waals surface area contributed by atoms with Crippen LogP contribution in [0.15, 0.2) is 35.3 Å². The molecule has 0 bridgehead atoms. The molecule has 3 N–H and O–H groups in total. The van der Waals surface area contributed by atoms with Crippen LogP contribution in [0.4, 0.5) is 5.95 Å². The Hall–Kier alpha value is -2.71. The number of nitrogens with one attached hydrogen (secondary N) is 3. The number of H-pyrrole nitrogens is 1. The van der Waals surface area contributed by atoms with Crippen LogP contribution in [-0.4, -0.2) is 46.3 Å². The lowest BCUT2D eigenvalue weighted by Gasteiger charge is -2.11. The van der Waals surface area contributed by atoms with Crippen molar-refractivity contribution in [2.24, 2.45) is 5.92 Å². The number of nitrogens with zero attached hydrogens (tertiary/aromatic N) is 3. The smallest absolute Gasteiger partial charge is 0.328 e. The SMILES string of the molecule is COCc1ccccc1Cn1c(=O)[nH]c2cnc(NC[C@@H]3CCNC3)nc21. The van der Waals surface area contributed by atoms with E-state index in [4.69, 9.17) is 4.74 Å². The van der Waals surface area contributed by atoms with E-state index in [1.165, 1.54) is 0 Å². The number of ether oxygens (including phenoxy) is 1. The second-order valence-corrected chi connectivity index (χ2v) is 6.89. The molecule has 1 aliphatic heterocycles. The number of imidazole rings is 1. The fourth-order valence-corrected chi connectivity index (χ4v) is 3.48. The van der Waals surface area contributed by atoms with Gasteiger partial charge in [0.25, 0.3) is 0 Å². The first kappa shape index (κ1) is 17.7. The van der Waals surface area contributed by atoms with E-state index in [-0.39, 0.29) is 5.69 Å². The normalized spacial score (nSPS) is 16.9. The maximum atomic E-state index is 12.5. The first-order chi connectivity index (χ1) is 13.2. The van der Waals surface area contributed by atoms with Gasteiger partial charge in [0.15, 0.2) is 5.65 Å². The third-order valence-corrected chi connectivity index (χ3v) is 4.97. The molecule has 0 spiro atoms.